The van der Waals surface area contributed by atoms with Crippen molar-refractivity contribution in [3.63, 3.8) is 0 Å². The van der Waals surface area contributed by atoms with Crippen molar-refractivity contribution in [3.8, 4) is 5.75 Å². The van der Waals surface area contributed by atoms with Gasteiger partial charge in [-0.15, -0.1) is 11.3 Å². The third-order valence-corrected chi connectivity index (χ3v) is 3.88. The fourth-order valence-corrected chi connectivity index (χ4v) is 2.46. The molecule has 19 heavy (non-hydrogen) atoms. The first-order valence-corrected chi connectivity index (χ1v) is 6.76. The first-order valence-electron chi connectivity index (χ1n) is 5.95. The van der Waals surface area contributed by atoms with Crippen LogP contribution in [0.25, 0.3) is 0 Å². The Labute approximate surface area is 116 Å². The summed E-state index contributed by atoms with van der Waals surface area (Å²) >= 11 is 1.65. The summed E-state index contributed by atoms with van der Waals surface area (Å²) in [4.78, 5) is 5.65. The molecule has 0 amide bonds. The van der Waals surface area contributed by atoms with Crippen molar-refractivity contribution in [3.05, 3.63) is 45.4 Å². The van der Waals surface area contributed by atoms with Gasteiger partial charge in [-0.2, -0.15) is 0 Å². The Bertz CT molecular complexity index is 586. The average molecular weight is 276 g/mol. The number of rotatable bonds is 4. The molecule has 2 aromatic rings. The molecule has 0 aliphatic rings. The minimum absolute atomic E-state index is 0.456. The topological polar surface area (TPSA) is 54.7 Å². The highest BCUT2D eigenvalue weighted by atomic mass is 32.1. The quantitative estimate of drug-likeness (QED) is 0.528. The Morgan fingerprint density at radius 1 is 1.42 bits per heavy atom. The second-order valence-electron chi connectivity index (χ2n) is 4.25. The van der Waals surface area contributed by atoms with Crippen LogP contribution < -0.4 is 4.74 Å². The normalized spacial score (nSPS) is 11.6. The van der Waals surface area contributed by atoms with Crippen molar-refractivity contribution in [2.24, 2.45) is 5.16 Å². The smallest absolute Gasteiger partial charge is 0.140 e. The molecule has 0 saturated carbocycles. The molecule has 0 atom stereocenters. The number of oxime groups is 1. The lowest BCUT2D eigenvalue weighted by Crippen LogP contribution is -1.98. The van der Waals surface area contributed by atoms with Crippen LogP contribution in [-0.2, 0) is 6.61 Å². The van der Waals surface area contributed by atoms with Crippen molar-refractivity contribution < 1.29 is 9.94 Å². The van der Waals surface area contributed by atoms with Crippen LogP contribution in [0, 0.1) is 13.8 Å². The lowest BCUT2D eigenvalue weighted by atomic mass is 10.1. The second-order valence-corrected chi connectivity index (χ2v) is 5.54. The number of hydrogen-bond acceptors (Lipinski definition) is 5. The predicted octanol–water partition coefficient (Wildman–Crippen LogP) is 3.54. The van der Waals surface area contributed by atoms with E-state index in [-0.39, 0.29) is 0 Å². The lowest BCUT2D eigenvalue weighted by molar-refractivity contribution is 0.305. The number of aryl methyl sites for hydroxylation is 2. The summed E-state index contributed by atoms with van der Waals surface area (Å²) in [5, 5.41) is 12.9. The average Bonchev–Trinajstić information content (AvgIpc) is 2.75. The van der Waals surface area contributed by atoms with Gasteiger partial charge in [0.05, 0.1) is 11.4 Å². The zero-order valence-corrected chi connectivity index (χ0v) is 12.0. The highest BCUT2D eigenvalue weighted by Gasteiger charge is 2.05. The van der Waals surface area contributed by atoms with E-state index in [1.54, 1.807) is 18.3 Å². The molecule has 5 heteroatoms. The molecule has 0 spiro atoms. The summed E-state index contributed by atoms with van der Waals surface area (Å²) in [7, 11) is 0. The van der Waals surface area contributed by atoms with E-state index in [0.29, 0.717) is 12.3 Å². The van der Waals surface area contributed by atoms with Crippen LogP contribution >= 0.6 is 11.3 Å². The molecular weight excluding hydrogens is 260 g/mol. The SMILES string of the molecule is CC(=NO)c1cccc(OCc2nc(C)c(C)s2)c1. The fraction of sp³-hybridized carbons (Fsp3) is 0.286. The highest BCUT2D eigenvalue weighted by molar-refractivity contribution is 7.11. The Morgan fingerprint density at radius 3 is 2.84 bits per heavy atom. The molecule has 0 bridgehead atoms. The van der Waals surface area contributed by atoms with Gasteiger partial charge in [0.25, 0.3) is 0 Å². The van der Waals surface area contributed by atoms with E-state index in [1.165, 1.54) is 4.88 Å². The summed E-state index contributed by atoms with van der Waals surface area (Å²) < 4.78 is 5.71. The van der Waals surface area contributed by atoms with Gasteiger partial charge in [-0.05, 0) is 32.9 Å². The molecule has 1 N–H and O–H groups in total. The molecule has 0 radical (unpaired) electrons. The van der Waals surface area contributed by atoms with Gasteiger partial charge in [0.1, 0.15) is 17.4 Å². The van der Waals surface area contributed by atoms with Crippen LogP contribution in [0.2, 0.25) is 0 Å². The molecule has 1 aromatic carbocycles. The van der Waals surface area contributed by atoms with Crippen molar-refractivity contribution in [2.45, 2.75) is 27.4 Å². The molecule has 1 aromatic heterocycles. The molecule has 2 rings (SSSR count). The molecule has 0 aliphatic carbocycles. The van der Waals surface area contributed by atoms with Gasteiger partial charge in [-0.1, -0.05) is 17.3 Å². The Morgan fingerprint density at radius 2 is 2.21 bits per heavy atom. The van der Waals surface area contributed by atoms with Crippen molar-refractivity contribution in [1.29, 1.82) is 0 Å². The monoisotopic (exact) mass is 276 g/mol. The van der Waals surface area contributed by atoms with E-state index < -0.39 is 0 Å². The van der Waals surface area contributed by atoms with E-state index >= 15 is 0 Å². The van der Waals surface area contributed by atoms with Gasteiger partial charge in [0.15, 0.2) is 0 Å². The number of benzene rings is 1. The van der Waals surface area contributed by atoms with Crippen LogP contribution in [0.15, 0.2) is 29.4 Å². The van der Waals surface area contributed by atoms with Gasteiger partial charge in [-0.3, -0.25) is 0 Å². The fourth-order valence-electron chi connectivity index (χ4n) is 1.61. The Balaban J connectivity index is 2.07. The lowest BCUT2D eigenvalue weighted by Gasteiger charge is -2.05. The maximum absolute atomic E-state index is 8.76. The maximum Gasteiger partial charge on any atom is 0.140 e. The maximum atomic E-state index is 8.76. The van der Waals surface area contributed by atoms with Crippen LogP contribution in [-0.4, -0.2) is 15.9 Å². The number of thiazole rings is 1. The molecule has 100 valence electrons. The van der Waals surface area contributed by atoms with Crippen LogP contribution in [0.4, 0.5) is 0 Å². The van der Waals surface area contributed by atoms with Gasteiger partial charge in [-0.25, -0.2) is 4.98 Å². The number of nitrogens with zero attached hydrogens (tertiary/aromatic N) is 2. The minimum Gasteiger partial charge on any atom is -0.486 e. The van der Waals surface area contributed by atoms with Gasteiger partial charge >= 0.3 is 0 Å². The van der Waals surface area contributed by atoms with Gasteiger partial charge < -0.3 is 9.94 Å². The highest BCUT2D eigenvalue weighted by Crippen LogP contribution is 2.20. The third kappa shape index (κ3) is 3.32. The van der Waals surface area contributed by atoms with Crippen LogP contribution in [0.1, 0.15) is 28.1 Å². The first-order chi connectivity index (χ1) is 9.10. The first kappa shape index (κ1) is 13.5. The summed E-state index contributed by atoms with van der Waals surface area (Å²) in [5.74, 6) is 0.742. The van der Waals surface area contributed by atoms with E-state index in [2.05, 4.69) is 17.1 Å². The molecule has 4 nitrogen and oxygen atoms in total. The Kier molecular flexibility index (Phi) is 4.16. The summed E-state index contributed by atoms with van der Waals surface area (Å²) in [6.45, 7) is 6.25. The van der Waals surface area contributed by atoms with Gasteiger partial charge in [0, 0.05) is 10.4 Å². The number of hydrogen-bond donors (Lipinski definition) is 1. The summed E-state index contributed by atoms with van der Waals surface area (Å²) in [6, 6.07) is 7.47. The van der Waals surface area contributed by atoms with Crippen molar-refractivity contribution in [2.75, 3.05) is 0 Å². The summed E-state index contributed by atoms with van der Waals surface area (Å²) in [5.41, 5.74) is 2.46. The minimum atomic E-state index is 0.456. The van der Waals surface area contributed by atoms with E-state index in [1.807, 2.05) is 31.2 Å². The van der Waals surface area contributed by atoms with Crippen molar-refractivity contribution >= 4 is 17.0 Å². The van der Waals surface area contributed by atoms with Crippen LogP contribution in [0.3, 0.4) is 0 Å². The Hall–Kier alpha value is -1.88. The largest absolute Gasteiger partial charge is 0.486 e. The van der Waals surface area contributed by atoms with E-state index in [9.17, 15) is 0 Å². The summed E-state index contributed by atoms with van der Waals surface area (Å²) in [6.07, 6.45) is 0. The zero-order chi connectivity index (χ0) is 13.8. The molecular formula is C14H16N2O2S. The van der Waals surface area contributed by atoms with Crippen LogP contribution in [0.5, 0.6) is 5.75 Å². The third-order valence-electron chi connectivity index (χ3n) is 2.84. The number of ether oxygens (including phenoxy) is 1. The van der Waals surface area contributed by atoms with E-state index in [0.717, 1.165) is 22.0 Å². The predicted molar refractivity (Wildman–Crippen MR) is 76.4 cm³/mol. The van der Waals surface area contributed by atoms with Crippen molar-refractivity contribution in [1.82, 2.24) is 4.98 Å². The van der Waals surface area contributed by atoms with E-state index in [4.69, 9.17) is 9.94 Å². The standard InChI is InChI=1S/C14H16N2O2S/c1-9-11(3)19-14(15-9)8-18-13-6-4-5-12(7-13)10(2)16-17/h4-7,17H,8H2,1-3H3. The molecule has 0 unspecified atom stereocenters. The molecule has 0 saturated heterocycles. The molecule has 0 fully saturated rings. The molecule has 1 heterocycles. The van der Waals surface area contributed by atoms with Gasteiger partial charge in [0.2, 0.25) is 0 Å². The number of aromatic nitrogens is 1. The molecule has 0 aliphatic heterocycles. The zero-order valence-electron chi connectivity index (χ0n) is 11.2. The second kappa shape index (κ2) is 5.84.